The molecule has 0 aliphatic rings. The Labute approximate surface area is 232 Å². The highest BCUT2D eigenvalue weighted by Gasteiger charge is 2.09. The van der Waals surface area contributed by atoms with Gasteiger partial charge in [0.1, 0.15) is 0 Å². The van der Waals surface area contributed by atoms with Crippen LogP contribution in [0, 0.1) is 5.92 Å². The van der Waals surface area contributed by atoms with E-state index in [2.05, 4.69) is 20.8 Å². The zero-order chi connectivity index (χ0) is 26.2. The molecule has 218 valence electrons. The number of unbranched alkanes of at least 4 members (excludes halogenated alkanes) is 26. The maximum absolute atomic E-state index is 2.33. The summed E-state index contributed by atoms with van der Waals surface area (Å²) in [5.74, 6) is 1.04. The third-order valence-electron chi connectivity index (χ3n) is 8.65. The van der Waals surface area contributed by atoms with E-state index in [9.17, 15) is 0 Å². The standard InChI is InChI=1S/C36H74/c1-4-7-10-13-16-18-20-21-23-26-29-32-35-36(33-30-27-24-15-12-9-6-3)34-31-28-25-22-19-17-14-11-8-5-2/h36H,4-35H2,1-3H3. The van der Waals surface area contributed by atoms with Gasteiger partial charge in [0.05, 0.1) is 0 Å². The predicted octanol–water partition coefficient (Wildman–Crippen LogP) is 14.1. The summed E-state index contributed by atoms with van der Waals surface area (Å²) in [6.07, 6.45) is 47.3. The normalized spacial score (nSPS) is 12.4. The first kappa shape index (κ1) is 36.0. The Bertz CT molecular complexity index is 359. The molecular formula is C36H74. The molecule has 0 spiro atoms. The van der Waals surface area contributed by atoms with Crippen molar-refractivity contribution in [2.45, 2.75) is 226 Å². The Morgan fingerprint density at radius 2 is 0.389 bits per heavy atom. The molecule has 0 amide bonds. The second-order valence-electron chi connectivity index (χ2n) is 12.4. The summed E-state index contributed by atoms with van der Waals surface area (Å²) in [4.78, 5) is 0. The summed E-state index contributed by atoms with van der Waals surface area (Å²) < 4.78 is 0. The van der Waals surface area contributed by atoms with Crippen LogP contribution >= 0.6 is 0 Å². The van der Waals surface area contributed by atoms with Gasteiger partial charge in [0.25, 0.3) is 0 Å². The molecule has 0 fully saturated rings. The van der Waals surface area contributed by atoms with Crippen LogP contribution in [0.5, 0.6) is 0 Å². The molecule has 0 saturated carbocycles. The Kier molecular flexibility index (Phi) is 33.0. The first-order valence-corrected chi connectivity index (χ1v) is 17.8. The summed E-state index contributed by atoms with van der Waals surface area (Å²) in [6.45, 7) is 6.96. The summed E-state index contributed by atoms with van der Waals surface area (Å²) in [6, 6.07) is 0. The van der Waals surface area contributed by atoms with E-state index in [0.29, 0.717) is 0 Å². The fourth-order valence-electron chi connectivity index (χ4n) is 6.02. The smallest absolute Gasteiger partial charge is 0.0414 e. The lowest BCUT2D eigenvalue weighted by Gasteiger charge is -2.17. The molecule has 1 atom stereocenters. The number of rotatable bonds is 32. The molecule has 0 rings (SSSR count). The summed E-state index contributed by atoms with van der Waals surface area (Å²) in [5, 5.41) is 0. The van der Waals surface area contributed by atoms with Gasteiger partial charge in [-0.2, -0.15) is 0 Å². The second-order valence-corrected chi connectivity index (χ2v) is 12.4. The van der Waals surface area contributed by atoms with Gasteiger partial charge in [-0.1, -0.05) is 226 Å². The maximum Gasteiger partial charge on any atom is -0.0414 e. The van der Waals surface area contributed by atoms with Gasteiger partial charge >= 0.3 is 0 Å². The Hall–Kier alpha value is 0. The molecule has 0 aromatic heterocycles. The molecule has 0 N–H and O–H groups in total. The SMILES string of the molecule is CCCCCCCCCCCCCCC(CCCCCCCCC)CCCCCCCCCCCC. The van der Waals surface area contributed by atoms with Gasteiger partial charge < -0.3 is 0 Å². The Morgan fingerprint density at radius 1 is 0.222 bits per heavy atom. The molecule has 36 heavy (non-hydrogen) atoms. The van der Waals surface area contributed by atoms with Crippen LogP contribution in [-0.2, 0) is 0 Å². The highest BCUT2D eigenvalue weighted by atomic mass is 14.1. The van der Waals surface area contributed by atoms with E-state index >= 15 is 0 Å². The van der Waals surface area contributed by atoms with Crippen LogP contribution < -0.4 is 0 Å². The van der Waals surface area contributed by atoms with Crippen molar-refractivity contribution in [3.63, 3.8) is 0 Å². The largest absolute Gasteiger partial charge is 0.0654 e. The Morgan fingerprint density at radius 3 is 0.583 bits per heavy atom. The van der Waals surface area contributed by atoms with Crippen LogP contribution in [0.1, 0.15) is 226 Å². The zero-order valence-corrected chi connectivity index (χ0v) is 26.2. The number of hydrogen-bond acceptors (Lipinski definition) is 0. The van der Waals surface area contributed by atoms with Crippen LogP contribution in [0.4, 0.5) is 0 Å². The molecule has 0 heterocycles. The maximum atomic E-state index is 2.33. The fraction of sp³-hybridized carbons (Fsp3) is 1.00. The van der Waals surface area contributed by atoms with Crippen LogP contribution in [0.25, 0.3) is 0 Å². The molecule has 0 saturated heterocycles. The monoisotopic (exact) mass is 507 g/mol. The van der Waals surface area contributed by atoms with E-state index in [4.69, 9.17) is 0 Å². The molecule has 0 aromatic carbocycles. The molecule has 0 aromatic rings. The van der Waals surface area contributed by atoms with Crippen LogP contribution in [0.2, 0.25) is 0 Å². The van der Waals surface area contributed by atoms with Crippen molar-refractivity contribution in [3.8, 4) is 0 Å². The third kappa shape index (κ3) is 30.2. The van der Waals surface area contributed by atoms with Crippen molar-refractivity contribution in [2.24, 2.45) is 5.92 Å². The summed E-state index contributed by atoms with van der Waals surface area (Å²) >= 11 is 0. The van der Waals surface area contributed by atoms with E-state index in [1.807, 2.05) is 0 Å². The van der Waals surface area contributed by atoms with Gasteiger partial charge in [-0.25, -0.2) is 0 Å². The van der Waals surface area contributed by atoms with Gasteiger partial charge in [-0.15, -0.1) is 0 Å². The highest BCUT2D eigenvalue weighted by molar-refractivity contribution is 4.62. The van der Waals surface area contributed by atoms with Crippen LogP contribution in [-0.4, -0.2) is 0 Å². The van der Waals surface area contributed by atoms with Gasteiger partial charge in [0.2, 0.25) is 0 Å². The van der Waals surface area contributed by atoms with Gasteiger partial charge in [-0.05, 0) is 5.92 Å². The molecular weight excluding hydrogens is 432 g/mol. The molecule has 1 unspecified atom stereocenters. The Balaban J connectivity index is 3.81. The second kappa shape index (κ2) is 33.0. The van der Waals surface area contributed by atoms with Crippen molar-refractivity contribution in [1.29, 1.82) is 0 Å². The molecule has 0 heteroatoms. The average molecular weight is 507 g/mol. The van der Waals surface area contributed by atoms with Gasteiger partial charge in [0, 0.05) is 0 Å². The minimum Gasteiger partial charge on any atom is -0.0654 e. The third-order valence-corrected chi connectivity index (χ3v) is 8.65. The van der Waals surface area contributed by atoms with E-state index in [1.165, 1.54) is 205 Å². The van der Waals surface area contributed by atoms with E-state index in [-0.39, 0.29) is 0 Å². The molecule has 0 aliphatic carbocycles. The highest BCUT2D eigenvalue weighted by Crippen LogP contribution is 2.25. The zero-order valence-electron chi connectivity index (χ0n) is 26.2. The molecule has 0 aliphatic heterocycles. The average Bonchev–Trinajstić information content (AvgIpc) is 2.89. The quantitative estimate of drug-likeness (QED) is 0.0795. The van der Waals surface area contributed by atoms with Crippen molar-refractivity contribution < 1.29 is 0 Å². The van der Waals surface area contributed by atoms with E-state index < -0.39 is 0 Å². The van der Waals surface area contributed by atoms with Crippen molar-refractivity contribution >= 4 is 0 Å². The van der Waals surface area contributed by atoms with Crippen molar-refractivity contribution in [1.82, 2.24) is 0 Å². The van der Waals surface area contributed by atoms with Gasteiger partial charge in [-0.3, -0.25) is 0 Å². The van der Waals surface area contributed by atoms with Crippen molar-refractivity contribution in [3.05, 3.63) is 0 Å². The van der Waals surface area contributed by atoms with E-state index in [1.54, 1.807) is 0 Å². The first-order chi connectivity index (χ1) is 17.8. The van der Waals surface area contributed by atoms with Gasteiger partial charge in [0.15, 0.2) is 0 Å². The van der Waals surface area contributed by atoms with E-state index in [0.717, 1.165) is 5.92 Å². The lowest BCUT2D eigenvalue weighted by atomic mass is 9.89. The first-order valence-electron chi connectivity index (χ1n) is 17.8. The van der Waals surface area contributed by atoms with Crippen molar-refractivity contribution in [2.75, 3.05) is 0 Å². The lowest BCUT2D eigenvalue weighted by Crippen LogP contribution is -2.01. The molecule has 0 radical (unpaired) electrons. The van der Waals surface area contributed by atoms with Crippen LogP contribution in [0.15, 0.2) is 0 Å². The molecule has 0 nitrogen and oxygen atoms in total. The summed E-state index contributed by atoms with van der Waals surface area (Å²) in [7, 11) is 0. The predicted molar refractivity (Wildman–Crippen MR) is 168 cm³/mol. The lowest BCUT2D eigenvalue weighted by molar-refractivity contribution is 0.365. The minimum absolute atomic E-state index is 1.04. The summed E-state index contributed by atoms with van der Waals surface area (Å²) in [5.41, 5.74) is 0. The topological polar surface area (TPSA) is 0 Å². The molecule has 0 bridgehead atoms. The fourth-order valence-corrected chi connectivity index (χ4v) is 6.02. The number of hydrogen-bond donors (Lipinski definition) is 0. The minimum atomic E-state index is 1.04. The van der Waals surface area contributed by atoms with Crippen LogP contribution in [0.3, 0.4) is 0 Å².